The van der Waals surface area contributed by atoms with E-state index in [4.69, 9.17) is 0 Å². The first-order valence-corrected chi connectivity index (χ1v) is 6.04. The predicted molar refractivity (Wildman–Crippen MR) is 63.8 cm³/mol. The molecule has 0 amide bonds. The third-order valence-corrected chi connectivity index (χ3v) is 2.09. The third kappa shape index (κ3) is 11.9. The van der Waals surface area contributed by atoms with Crippen LogP contribution in [0.15, 0.2) is 0 Å². The largest absolute Gasteiger partial charge is 0.317 e. The second kappa shape index (κ2) is 12.9. The van der Waals surface area contributed by atoms with Crippen molar-refractivity contribution in [1.29, 1.82) is 0 Å². The van der Waals surface area contributed by atoms with Gasteiger partial charge in [-0.15, -0.1) is 0 Å². The summed E-state index contributed by atoms with van der Waals surface area (Å²) in [7, 11) is 0. The van der Waals surface area contributed by atoms with Crippen LogP contribution in [-0.2, 0) is 0 Å². The van der Waals surface area contributed by atoms with Crippen LogP contribution in [0.3, 0.4) is 0 Å². The van der Waals surface area contributed by atoms with Crippen molar-refractivity contribution < 1.29 is 0 Å². The quantitative estimate of drug-likeness (QED) is 0.436. The van der Waals surface area contributed by atoms with Crippen LogP contribution >= 0.6 is 0 Å². The fourth-order valence-corrected chi connectivity index (χ4v) is 1.28. The lowest BCUT2D eigenvalue weighted by atomic mass is 10.3. The molecule has 0 aromatic rings. The Labute approximate surface area is 89.0 Å². The minimum atomic E-state index is 1.08. The minimum Gasteiger partial charge on any atom is -0.317 e. The monoisotopic (exact) mass is 201 g/mol. The average Bonchev–Trinajstić information content (AvgIpc) is 2.21. The summed E-state index contributed by atoms with van der Waals surface area (Å²) in [6.45, 7) is 11.1. The number of hydrogen-bond acceptors (Lipinski definition) is 3. The fraction of sp³-hybridized carbons (Fsp3) is 1.00. The molecular weight excluding hydrogens is 174 g/mol. The van der Waals surface area contributed by atoms with Crippen LogP contribution in [0, 0.1) is 0 Å². The van der Waals surface area contributed by atoms with E-state index in [1.165, 1.54) is 19.3 Å². The van der Waals surface area contributed by atoms with E-state index < -0.39 is 0 Å². The van der Waals surface area contributed by atoms with Crippen molar-refractivity contribution in [3.63, 3.8) is 0 Å². The maximum absolute atomic E-state index is 3.44. The second-order valence-electron chi connectivity index (χ2n) is 3.56. The Morgan fingerprint density at radius 1 is 0.643 bits per heavy atom. The molecular formula is C11H27N3. The van der Waals surface area contributed by atoms with Gasteiger partial charge in [0.1, 0.15) is 0 Å². The maximum atomic E-state index is 3.44. The summed E-state index contributed by atoms with van der Waals surface area (Å²) < 4.78 is 0. The molecule has 0 atom stereocenters. The van der Waals surface area contributed by atoms with Gasteiger partial charge in [0.2, 0.25) is 0 Å². The van der Waals surface area contributed by atoms with Crippen LogP contribution in [-0.4, -0.2) is 39.3 Å². The smallest absolute Gasteiger partial charge is 0.00368 e. The molecule has 3 heteroatoms. The SMILES string of the molecule is CCCNCCCNCCCNCC. The van der Waals surface area contributed by atoms with E-state index in [-0.39, 0.29) is 0 Å². The number of hydrogen-bond donors (Lipinski definition) is 3. The molecule has 0 aliphatic rings. The summed E-state index contributed by atoms with van der Waals surface area (Å²) in [5.41, 5.74) is 0. The van der Waals surface area contributed by atoms with E-state index in [1.54, 1.807) is 0 Å². The van der Waals surface area contributed by atoms with Gasteiger partial charge in [-0.25, -0.2) is 0 Å². The lowest BCUT2D eigenvalue weighted by Crippen LogP contribution is -2.25. The molecule has 0 saturated carbocycles. The molecule has 0 unspecified atom stereocenters. The van der Waals surface area contributed by atoms with Crippen LogP contribution in [0.1, 0.15) is 33.1 Å². The minimum absolute atomic E-state index is 1.08. The molecule has 0 aromatic heterocycles. The van der Waals surface area contributed by atoms with Gasteiger partial charge in [0.05, 0.1) is 0 Å². The Morgan fingerprint density at radius 3 is 1.64 bits per heavy atom. The molecule has 0 bridgehead atoms. The van der Waals surface area contributed by atoms with E-state index in [0.717, 1.165) is 39.3 Å². The molecule has 0 fully saturated rings. The van der Waals surface area contributed by atoms with Gasteiger partial charge in [0.15, 0.2) is 0 Å². The first-order chi connectivity index (χ1) is 6.91. The van der Waals surface area contributed by atoms with Crippen LogP contribution in [0.2, 0.25) is 0 Å². The highest BCUT2D eigenvalue weighted by molar-refractivity contribution is 4.53. The first-order valence-electron chi connectivity index (χ1n) is 6.04. The molecule has 3 N–H and O–H groups in total. The topological polar surface area (TPSA) is 36.1 Å². The van der Waals surface area contributed by atoms with Gasteiger partial charge in [-0.3, -0.25) is 0 Å². The lowest BCUT2D eigenvalue weighted by Gasteiger charge is -2.05. The Kier molecular flexibility index (Phi) is 12.8. The Morgan fingerprint density at radius 2 is 1.14 bits per heavy atom. The Balaban J connectivity index is 2.78. The highest BCUT2D eigenvalue weighted by Gasteiger charge is 1.88. The van der Waals surface area contributed by atoms with Crippen molar-refractivity contribution in [2.45, 2.75) is 33.1 Å². The standard InChI is InChI=1S/C11H27N3/c1-3-7-13-9-6-11-14-10-5-8-12-4-2/h12-14H,3-11H2,1-2H3. The summed E-state index contributed by atoms with van der Waals surface area (Å²) in [6.07, 6.45) is 3.70. The molecule has 0 aliphatic heterocycles. The van der Waals surface area contributed by atoms with E-state index >= 15 is 0 Å². The van der Waals surface area contributed by atoms with Crippen molar-refractivity contribution in [3.8, 4) is 0 Å². The Hall–Kier alpha value is -0.120. The summed E-state index contributed by atoms with van der Waals surface area (Å²) in [5.74, 6) is 0. The molecule has 0 aliphatic carbocycles. The molecule has 14 heavy (non-hydrogen) atoms. The molecule has 3 nitrogen and oxygen atoms in total. The third-order valence-electron chi connectivity index (χ3n) is 2.09. The van der Waals surface area contributed by atoms with Crippen LogP contribution < -0.4 is 16.0 Å². The summed E-state index contributed by atoms with van der Waals surface area (Å²) in [5, 5.41) is 10.1. The predicted octanol–water partition coefficient (Wildman–Crippen LogP) is 0.965. The van der Waals surface area contributed by atoms with E-state index in [9.17, 15) is 0 Å². The van der Waals surface area contributed by atoms with E-state index in [2.05, 4.69) is 29.8 Å². The van der Waals surface area contributed by atoms with Crippen molar-refractivity contribution in [2.24, 2.45) is 0 Å². The molecule has 0 saturated heterocycles. The van der Waals surface area contributed by atoms with Gasteiger partial charge in [0, 0.05) is 0 Å². The van der Waals surface area contributed by atoms with Crippen LogP contribution in [0.4, 0.5) is 0 Å². The van der Waals surface area contributed by atoms with Crippen LogP contribution in [0.5, 0.6) is 0 Å². The summed E-state index contributed by atoms with van der Waals surface area (Å²) >= 11 is 0. The maximum Gasteiger partial charge on any atom is -0.00368 e. The van der Waals surface area contributed by atoms with E-state index in [0.29, 0.717) is 0 Å². The second-order valence-corrected chi connectivity index (χ2v) is 3.56. The number of nitrogens with one attached hydrogen (secondary N) is 3. The van der Waals surface area contributed by atoms with Crippen molar-refractivity contribution in [2.75, 3.05) is 39.3 Å². The summed E-state index contributed by atoms with van der Waals surface area (Å²) in [4.78, 5) is 0. The lowest BCUT2D eigenvalue weighted by molar-refractivity contribution is 0.568. The van der Waals surface area contributed by atoms with Crippen LogP contribution in [0.25, 0.3) is 0 Å². The van der Waals surface area contributed by atoms with Gasteiger partial charge < -0.3 is 16.0 Å². The fourth-order valence-electron chi connectivity index (χ4n) is 1.28. The molecule has 0 heterocycles. The first kappa shape index (κ1) is 13.9. The molecule has 0 rings (SSSR count). The van der Waals surface area contributed by atoms with Crippen molar-refractivity contribution >= 4 is 0 Å². The normalized spacial score (nSPS) is 10.7. The summed E-state index contributed by atoms with van der Waals surface area (Å²) in [6, 6.07) is 0. The molecule has 0 spiro atoms. The molecule has 0 aromatic carbocycles. The zero-order chi connectivity index (χ0) is 10.5. The zero-order valence-corrected chi connectivity index (χ0v) is 9.86. The van der Waals surface area contributed by atoms with Gasteiger partial charge in [-0.2, -0.15) is 0 Å². The number of rotatable bonds is 11. The molecule has 86 valence electrons. The highest BCUT2D eigenvalue weighted by atomic mass is 14.9. The van der Waals surface area contributed by atoms with Crippen molar-refractivity contribution in [1.82, 2.24) is 16.0 Å². The average molecular weight is 201 g/mol. The van der Waals surface area contributed by atoms with Gasteiger partial charge >= 0.3 is 0 Å². The Bertz CT molecular complexity index is 84.5. The van der Waals surface area contributed by atoms with Gasteiger partial charge in [-0.05, 0) is 58.5 Å². The van der Waals surface area contributed by atoms with E-state index in [1.807, 2.05) is 0 Å². The van der Waals surface area contributed by atoms with Gasteiger partial charge in [-0.1, -0.05) is 13.8 Å². The highest BCUT2D eigenvalue weighted by Crippen LogP contribution is 1.77. The molecule has 0 radical (unpaired) electrons. The van der Waals surface area contributed by atoms with Crippen molar-refractivity contribution in [3.05, 3.63) is 0 Å². The van der Waals surface area contributed by atoms with Gasteiger partial charge in [0.25, 0.3) is 0 Å². The zero-order valence-electron chi connectivity index (χ0n) is 9.86.